The van der Waals surface area contributed by atoms with Crippen LogP contribution in [0.1, 0.15) is 16.8 Å². The van der Waals surface area contributed by atoms with Crippen molar-refractivity contribution in [1.82, 2.24) is 29.3 Å². The predicted octanol–water partition coefficient (Wildman–Crippen LogP) is 2.74. The lowest BCUT2D eigenvalue weighted by molar-refractivity contribution is -0.135. The van der Waals surface area contributed by atoms with Gasteiger partial charge in [0.15, 0.2) is 5.65 Å². The Kier molecular flexibility index (Phi) is 5.43. The summed E-state index contributed by atoms with van der Waals surface area (Å²) in [5, 5.41) is 12.1. The lowest BCUT2D eigenvalue weighted by Gasteiger charge is -2.30. The second-order valence-corrected chi connectivity index (χ2v) is 8.00. The van der Waals surface area contributed by atoms with E-state index in [9.17, 15) is 9.59 Å². The van der Waals surface area contributed by atoms with Gasteiger partial charge in [-0.05, 0) is 30.7 Å². The molecule has 0 aliphatic carbocycles. The van der Waals surface area contributed by atoms with Gasteiger partial charge in [-0.25, -0.2) is 9.50 Å². The second-order valence-electron chi connectivity index (χ2n) is 7.57. The average Bonchev–Trinajstić information content (AvgIpc) is 3.36. The van der Waals surface area contributed by atoms with Crippen molar-refractivity contribution in [1.29, 1.82) is 0 Å². The lowest BCUT2D eigenvalue weighted by atomic mass is 10.1. The van der Waals surface area contributed by atoms with Crippen molar-refractivity contribution >= 4 is 34.7 Å². The van der Waals surface area contributed by atoms with E-state index in [4.69, 9.17) is 16.3 Å². The predicted molar refractivity (Wildman–Crippen MR) is 121 cm³/mol. The van der Waals surface area contributed by atoms with Gasteiger partial charge in [-0.2, -0.15) is 10.2 Å². The number of ether oxygens (including phenoxy) is 1. The van der Waals surface area contributed by atoms with Crippen LogP contribution in [0.4, 0.5) is 5.69 Å². The molecular formula is C22H20ClN7O3. The smallest absolute Gasteiger partial charge is 0.261 e. The molecule has 11 heteroatoms. The van der Waals surface area contributed by atoms with Crippen molar-refractivity contribution in [2.45, 2.75) is 13.0 Å². The minimum absolute atomic E-state index is 0.0296. The molecule has 1 fully saturated rings. The maximum Gasteiger partial charge on any atom is 0.261 e. The van der Waals surface area contributed by atoms with Gasteiger partial charge in [0.25, 0.3) is 5.91 Å². The molecule has 0 radical (unpaired) electrons. The molecule has 1 N–H and O–H groups in total. The first kappa shape index (κ1) is 21.0. The van der Waals surface area contributed by atoms with E-state index in [1.165, 1.54) is 15.4 Å². The summed E-state index contributed by atoms with van der Waals surface area (Å²) in [4.78, 5) is 31.6. The summed E-state index contributed by atoms with van der Waals surface area (Å²) in [6.45, 7) is 1.56. The molecule has 3 aromatic heterocycles. The van der Waals surface area contributed by atoms with Crippen molar-refractivity contribution in [3.05, 3.63) is 59.6 Å². The molecule has 0 saturated carbocycles. The molecule has 0 bridgehead atoms. The van der Waals surface area contributed by atoms with Crippen LogP contribution >= 0.6 is 11.6 Å². The Hall–Kier alpha value is -3.92. The highest BCUT2D eigenvalue weighted by molar-refractivity contribution is 6.31. The van der Waals surface area contributed by atoms with Crippen LogP contribution in [0.25, 0.3) is 16.9 Å². The second kappa shape index (κ2) is 8.55. The van der Waals surface area contributed by atoms with E-state index in [0.717, 1.165) is 19.5 Å². The van der Waals surface area contributed by atoms with Gasteiger partial charge >= 0.3 is 0 Å². The van der Waals surface area contributed by atoms with Crippen molar-refractivity contribution in [3.8, 4) is 17.0 Å². The molecule has 1 aliphatic heterocycles. The largest absolute Gasteiger partial charge is 0.496 e. The van der Waals surface area contributed by atoms with Crippen molar-refractivity contribution in [2.24, 2.45) is 0 Å². The SMILES string of the molecule is COc1ccc(Cl)cc1-c1nn(CC(=O)N2CCC2)cc1NC(=O)c1cnn2cccnc12. The van der Waals surface area contributed by atoms with Gasteiger partial charge in [-0.15, -0.1) is 0 Å². The van der Waals surface area contributed by atoms with Gasteiger partial charge in [0.1, 0.15) is 23.6 Å². The van der Waals surface area contributed by atoms with Crippen LogP contribution in [0.5, 0.6) is 5.75 Å². The lowest BCUT2D eigenvalue weighted by Crippen LogP contribution is -2.43. The van der Waals surface area contributed by atoms with E-state index in [0.29, 0.717) is 38.9 Å². The topological polar surface area (TPSA) is 107 Å². The van der Waals surface area contributed by atoms with E-state index < -0.39 is 5.91 Å². The number of hydrogen-bond donors (Lipinski definition) is 1. The number of carbonyl (C=O) groups excluding carboxylic acids is 2. The number of benzene rings is 1. The molecule has 0 atom stereocenters. The number of likely N-dealkylation sites (tertiary alicyclic amines) is 1. The molecule has 5 rings (SSSR count). The van der Waals surface area contributed by atoms with Crippen LogP contribution in [-0.4, -0.2) is 61.3 Å². The number of rotatable bonds is 6. The Morgan fingerprint density at radius 2 is 2.12 bits per heavy atom. The first-order valence-corrected chi connectivity index (χ1v) is 10.7. The number of carbonyl (C=O) groups is 2. The number of aromatic nitrogens is 5. The standard InChI is InChI=1S/C22H20ClN7O3/c1-33-18-5-4-14(23)10-15(18)20-17(12-29(27-20)13-19(31)28-7-3-8-28)26-22(32)16-11-25-30-9-2-6-24-21(16)30/h2,4-6,9-12H,3,7-8,13H2,1H3,(H,26,32). The quantitative estimate of drug-likeness (QED) is 0.469. The number of hydrogen-bond acceptors (Lipinski definition) is 6. The maximum absolute atomic E-state index is 13.1. The number of fused-ring (bicyclic) bond motifs is 1. The summed E-state index contributed by atoms with van der Waals surface area (Å²) in [5.41, 5.74) is 2.17. The summed E-state index contributed by atoms with van der Waals surface area (Å²) in [7, 11) is 1.54. The van der Waals surface area contributed by atoms with Crippen LogP contribution < -0.4 is 10.1 Å². The van der Waals surface area contributed by atoms with Crippen LogP contribution in [-0.2, 0) is 11.3 Å². The first-order chi connectivity index (χ1) is 16.0. The van der Waals surface area contributed by atoms with E-state index in [2.05, 4.69) is 20.5 Å². The molecule has 168 valence electrons. The Balaban J connectivity index is 1.52. The fourth-order valence-corrected chi connectivity index (χ4v) is 3.81. The average molecular weight is 466 g/mol. The van der Waals surface area contributed by atoms with Crippen LogP contribution in [0.3, 0.4) is 0 Å². The molecule has 2 amide bonds. The third-order valence-electron chi connectivity index (χ3n) is 5.46. The fourth-order valence-electron chi connectivity index (χ4n) is 3.64. The van der Waals surface area contributed by atoms with Crippen LogP contribution in [0, 0.1) is 0 Å². The number of methoxy groups -OCH3 is 1. The normalized spacial score (nSPS) is 13.1. The minimum Gasteiger partial charge on any atom is -0.496 e. The highest BCUT2D eigenvalue weighted by Gasteiger charge is 2.24. The highest BCUT2D eigenvalue weighted by Crippen LogP contribution is 2.36. The van der Waals surface area contributed by atoms with E-state index >= 15 is 0 Å². The van der Waals surface area contributed by atoms with E-state index in [1.807, 2.05) is 0 Å². The molecule has 4 aromatic rings. The molecule has 0 unspecified atom stereocenters. The molecule has 33 heavy (non-hydrogen) atoms. The number of amides is 2. The third-order valence-corrected chi connectivity index (χ3v) is 5.69. The van der Waals surface area contributed by atoms with Gasteiger partial charge in [-0.3, -0.25) is 14.3 Å². The summed E-state index contributed by atoms with van der Waals surface area (Å²) in [6, 6.07) is 6.86. The maximum atomic E-state index is 13.1. The first-order valence-electron chi connectivity index (χ1n) is 10.3. The molecule has 1 aromatic carbocycles. The fraction of sp³-hybridized carbons (Fsp3) is 0.227. The zero-order chi connectivity index (χ0) is 22.9. The molecule has 1 aliphatic rings. The third kappa shape index (κ3) is 4.00. The highest BCUT2D eigenvalue weighted by atomic mass is 35.5. The zero-order valence-corrected chi connectivity index (χ0v) is 18.5. The van der Waals surface area contributed by atoms with Gasteiger partial charge in [0.05, 0.1) is 19.0 Å². The van der Waals surface area contributed by atoms with E-state index in [1.54, 1.807) is 54.9 Å². The van der Waals surface area contributed by atoms with Gasteiger partial charge in [-0.1, -0.05) is 11.6 Å². The molecule has 0 spiro atoms. The van der Waals surface area contributed by atoms with Gasteiger partial charge < -0.3 is 15.0 Å². The molecule has 4 heterocycles. The summed E-state index contributed by atoms with van der Waals surface area (Å²) in [5.74, 6) is 0.101. The number of nitrogens with zero attached hydrogens (tertiary/aromatic N) is 6. The Morgan fingerprint density at radius 3 is 2.88 bits per heavy atom. The Morgan fingerprint density at radius 1 is 1.27 bits per heavy atom. The van der Waals surface area contributed by atoms with E-state index in [-0.39, 0.29) is 12.5 Å². The monoisotopic (exact) mass is 465 g/mol. The number of anilines is 1. The van der Waals surface area contributed by atoms with Crippen LogP contribution in [0.15, 0.2) is 49.1 Å². The number of nitrogens with one attached hydrogen (secondary N) is 1. The summed E-state index contributed by atoms with van der Waals surface area (Å²) >= 11 is 6.23. The van der Waals surface area contributed by atoms with Crippen molar-refractivity contribution in [2.75, 3.05) is 25.5 Å². The van der Waals surface area contributed by atoms with Gasteiger partial charge in [0, 0.05) is 42.3 Å². The summed E-state index contributed by atoms with van der Waals surface area (Å²) < 4.78 is 8.51. The Bertz CT molecular complexity index is 1360. The van der Waals surface area contributed by atoms with Crippen LogP contribution in [0.2, 0.25) is 5.02 Å². The molecule has 10 nitrogen and oxygen atoms in total. The summed E-state index contributed by atoms with van der Waals surface area (Å²) in [6.07, 6.45) is 7.39. The van der Waals surface area contributed by atoms with Crippen molar-refractivity contribution in [3.63, 3.8) is 0 Å². The molecular weight excluding hydrogens is 446 g/mol. The zero-order valence-electron chi connectivity index (χ0n) is 17.7. The van der Waals surface area contributed by atoms with Gasteiger partial charge in [0.2, 0.25) is 5.91 Å². The number of halogens is 1. The minimum atomic E-state index is -0.403. The van der Waals surface area contributed by atoms with Crippen molar-refractivity contribution < 1.29 is 14.3 Å². The molecule has 1 saturated heterocycles. The Labute approximate surface area is 193 Å².